The average Bonchev–Trinajstić information content (AvgIpc) is 3.41. The van der Waals surface area contributed by atoms with Gasteiger partial charge in [-0.05, 0) is 49.6 Å². The van der Waals surface area contributed by atoms with Gasteiger partial charge in [0, 0.05) is 11.6 Å². The molecule has 1 aliphatic rings. The van der Waals surface area contributed by atoms with Crippen LogP contribution in [-0.2, 0) is 11.2 Å². The predicted octanol–water partition coefficient (Wildman–Crippen LogP) is 4.08. The molecule has 2 N–H and O–H groups in total. The van der Waals surface area contributed by atoms with Gasteiger partial charge in [-0.25, -0.2) is 0 Å². The molecule has 1 saturated carbocycles. The topological polar surface area (TPSA) is 114 Å². The smallest absolute Gasteiger partial charge is 0.286 e. The van der Waals surface area contributed by atoms with Gasteiger partial charge in [-0.3, -0.25) is 14.4 Å². The largest absolute Gasteiger partial charge is 0.408 e. The third-order valence-corrected chi connectivity index (χ3v) is 6.96. The summed E-state index contributed by atoms with van der Waals surface area (Å²) in [5, 5.41) is 14.0. The van der Waals surface area contributed by atoms with Crippen LogP contribution in [0.3, 0.4) is 0 Å². The molecule has 1 heterocycles. The monoisotopic (exact) mass is 506 g/mol. The SMILES string of the molecule is CSc1nnc(C(=O)[C@H](CCc2ccccc2)NC(=O)[C@@H]2CCCC[C@@H]2NC(=O)c2ccccc2)o1. The van der Waals surface area contributed by atoms with E-state index in [-0.39, 0.29) is 23.7 Å². The molecule has 4 rings (SSSR count). The Morgan fingerprint density at radius 3 is 2.39 bits per heavy atom. The van der Waals surface area contributed by atoms with Crippen LogP contribution in [0.1, 0.15) is 58.7 Å². The number of rotatable bonds is 10. The molecular weight excluding hydrogens is 476 g/mol. The lowest BCUT2D eigenvalue weighted by Crippen LogP contribution is -2.51. The first-order chi connectivity index (χ1) is 17.5. The fourth-order valence-electron chi connectivity index (χ4n) is 4.50. The van der Waals surface area contributed by atoms with Gasteiger partial charge in [0.1, 0.15) is 0 Å². The summed E-state index contributed by atoms with van der Waals surface area (Å²) in [6, 6.07) is 17.6. The molecule has 9 heteroatoms. The zero-order chi connectivity index (χ0) is 25.3. The van der Waals surface area contributed by atoms with E-state index in [2.05, 4.69) is 20.8 Å². The molecule has 3 atom stereocenters. The highest BCUT2D eigenvalue weighted by molar-refractivity contribution is 7.98. The highest BCUT2D eigenvalue weighted by Crippen LogP contribution is 2.26. The third-order valence-electron chi connectivity index (χ3n) is 6.44. The average molecular weight is 507 g/mol. The van der Waals surface area contributed by atoms with Crippen LogP contribution in [0.25, 0.3) is 0 Å². The summed E-state index contributed by atoms with van der Waals surface area (Å²) in [4.78, 5) is 39.5. The molecule has 2 aromatic carbocycles. The standard InChI is InChI=1S/C27H30N4O4S/c1-36-27-31-30-26(35-27)23(32)22(17-16-18-10-4-2-5-11-18)29-25(34)20-14-8-9-15-21(20)28-24(33)19-12-6-3-7-13-19/h2-7,10-13,20-22H,8-9,14-17H2,1H3,(H,28,33)(H,29,34)/t20-,21+,22+/m1/s1. The Hall–Kier alpha value is -3.46. The molecule has 0 unspecified atom stereocenters. The van der Waals surface area contributed by atoms with Crippen LogP contribution >= 0.6 is 11.8 Å². The Bertz CT molecular complexity index is 1170. The summed E-state index contributed by atoms with van der Waals surface area (Å²) in [5.41, 5.74) is 1.62. The number of nitrogens with zero attached hydrogens (tertiary/aromatic N) is 2. The molecule has 0 aliphatic heterocycles. The minimum Gasteiger partial charge on any atom is -0.408 e. The maximum Gasteiger partial charge on any atom is 0.286 e. The lowest BCUT2D eigenvalue weighted by molar-refractivity contribution is -0.127. The number of hydrogen-bond donors (Lipinski definition) is 2. The first-order valence-corrected chi connectivity index (χ1v) is 13.4. The van der Waals surface area contributed by atoms with Crippen LogP contribution in [0.2, 0.25) is 0 Å². The number of hydrogen-bond acceptors (Lipinski definition) is 7. The summed E-state index contributed by atoms with van der Waals surface area (Å²) in [5.74, 6) is -1.40. The molecular formula is C27H30N4O4S. The first-order valence-electron chi connectivity index (χ1n) is 12.2. The molecule has 8 nitrogen and oxygen atoms in total. The number of aryl methyl sites for hydroxylation is 1. The van der Waals surface area contributed by atoms with Crippen LogP contribution < -0.4 is 10.6 Å². The number of aromatic nitrogens is 2. The lowest BCUT2D eigenvalue weighted by Gasteiger charge is -2.32. The zero-order valence-electron chi connectivity index (χ0n) is 20.2. The normalized spacial score (nSPS) is 18.2. The zero-order valence-corrected chi connectivity index (χ0v) is 21.0. The van der Waals surface area contributed by atoms with E-state index in [0.717, 1.165) is 18.4 Å². The van der Waals surface area contributed by atoms with Gasteiger partial charge >= 0.3 is 0 Å². The molecule has 0 bridgehead atoms. The van der Waals surface area contributed by atoms with E-state index in [1.165, 1.54) is 11.8 Å². The fraction of sp³-hybridized carbons (Fsp3) is 0.370. The van der Waals surface area contributed by atoms with E-state index in [1.54, 1.807) is 18.4 Å². The number of carbonyl (C=O) groups excluding carboxylic acids is 3. The van der Waals surface area contributed by atoms with Crippen LogP contribution in [0, 0.1) is 5.92 Å². The van der Waals surface area contributed by atoms with Crippen molar-refractivity contribution >= 4 is 29.4 Å². The molecule has 36 heavy (non-hydrogen) atoms. The van der Waals surface area contributed by atoms with Crippen LogP contribution in [0.5, 0.6) is 0 Å². The van der Waals surface area contributed by atoms with Gasteiger partial charge < -0.3 is 15.1 Å². The number of nitrogens with one attached hydrogen (secondary N) is 2. The van der Waals surface area contributed by atoms with Crippen molar-refractivity contribution in [3.8, 4) is 0 Å². The molecule has 0 radical (unpaired) electrons. The number of thioether (sulfide) groups is 1. The van der Waals surface area contributed by atoms with Gasteiger partial charge in [0.25, 0.3) is 17.0 Å². The van der Waals surface area contributed by atoms with Crippen molar-refractivity contribution in [1.29, 1.82) is 0 Å². The lowest BCUT2D eigenvalue weighted by atomic mass is 9.83. The second-order valence-corrected chi connectivity index (χ2v) is 9.62. The fourth-order valence-corrected chi connectivity index (χ4v) is 4.79. The summed E-state index contributed by atoms with van der Waals surface area (Å²) in [7, 11) is 0. The Balaban J connectivity index is 1.48. The van der Waals surface area contributed by atoms with E-state index in [9.17, 15) is 14.4 Å². The summed E-state index contributed by atoms with van der Waals surface area (Å²) in [6.07, 6.45) is 5.93. The van der Waals surface area contributed by atoms with E-state index < -0.39 is 17.7 Å². The molecule has 0 spiro atoms. The Kier molecular flexibility index (Phi) is 8.89. The van der Waals surface area contributed by atoms with Gasteiger partial charge in [-0.2, -0.15) is 0 Å². The minimum absolute atomic E-state index is 0.115. The van der Waals surface area contributed by atoms with Crippen LogP contribution in [0.4, 0.5) is 0 Å². The van der Waals surface area contributed by atoms with Crippen molar-refractivity contribution in [2.24, 2.45) is 5.92 Å². The second-order valence-electron chi connectivity index (χ2n) is 8.86. The number of Topliss-reactive ketones (excluding diaryl/α,β-unsaturated/α-hetero) is 1. The van der Waals surface area contributed by atoms with Gasteiger partial charge in [-0.1, -0.05) is 73.1 Å². The number of amides is 2. The van der Waals surface area contributed by atoms with Crippen molar-refractivity contribution in [1.82, 2.24) is 20.8 Å². The Labute approximate surface area is 214 Å². The quantitative estimate of drug-likeness (QED) is 0.315. The number of carbonyl (C=O) groups is 3. The van der Waals surface area contributed by atoms with Crippen molar-refractivity contribution < 1.29 is 18.8 Å². The van der Waals surface area contributed by atoms with Crippen LogP contribution in [-0.4, -0.2) is 46.1 Å². The second kappa shape index (κ2) is 12.5. The van der Waals surface area contributed by atoms with Gasteiger partial charge in [-0.15, -0.1) is 10.2 Å². The maximum absolute atomic E-state index is 13.5. The molecule has 1 aliphatic carbocycles. The highest BCUT2D eigenvalue weighted by Gasteiger charge is 2.35. The summed E-state index contributed by atoms with van der Waals surface area (Å²) >= 11 is 1.25. The van der Waals surface area contributed by atoms with E-state index in [0.29, 0.717) is 36.5 Å². The first kappa shape index (κ1) is 25.6. The van der Waals surface area contributed by atoms with Crippen molar-refractivity contribution in [2.75, 3.05) is 6.26 Å². The Morgan fingerprint density at radius 2 is 1.69 bits per heavy atom. The number of benzene rings is 2. The maximum atomic E-state index is 13.5. The van der Waals surface area contributed by atoms with E-state index in [1.807, 2.05) is 48.5 Å². The van der Waals surface area contributed by atoms with Gasteiger partial charge in [0.15, 0.2) is 0 Å². The number of ketones is 1. The molecule has 0 saturated heterocycles. The van der Waals surface area contributed by atoms with Gasteiger partial charge in [0.2, 0.25) is 11.7 Å². The molecule has 3 aromatic rings. The van der Waals surface area contributed by atoms with Crippen molar-refractivity contribution in [2.45, 2.75) is 55.8 Å². The molecule has 1 aromatic heterocycles. The Morgan fingerprint density at radius 1 is 1.00 bits per heavy atom. The van der Waals surface area contributed by atoms with Gasteiger partial charge in [0.05, 0.1) is 12.0 Å². The van der Waals surface area contributed by atoms with E-state index >= 15 is 0 Å². The predicted molar refractivity (Wildman–Crippen MR) is 137 cm³/mol. The van der Waals surface area contributed by atoms with Crippen molar-refractivity contribution in [3.05, 3.63) is 77.7 Å². The van der Waals surface area contributed by atoms with Crippen molar-refractivity contribution in [3.63, 3.8) is 0 Å². The summed E-state index contributed by atoms with van der Waals surface area (Å²) < 4.78 is 5.46. The third kappa shape index (κ3) is 6.60. The minimum atomic E-state index is -0.819. The summed E-state index contributed by atoms with van der Waals surface area (Å²) in [6.45, 7) is 0. The highest BCUT2D eigenvalue weighted by atomic mass is 32.2. The molecule has 188 valence electrons. The molecule has 1 fully saturated rings. The molecule has 2 amide bonds. The van der Waals surface area contributed by atoms with E-state index in [4.69, 9.17) is 4.42 Å². The van der Waals surface area contributed by atoms with Crippen LogP contribution in [0.15, 0.2) is 70.3 Å².